The molecule has 1 amide bonds. The van der Waals surface area contributed by atoms with Gasteiger partial charge in [0.25, 0.3) is 5.56 Å². The molecule has 116 valence electrons. The van der Waals surface area contributed by atoms with E-state index in [9.17, 15) is 9.59 Å². The molecule has 2 aromatic heterocycles. The number of aromatic nitrogens is 2. The molecule has 0 N–H and O–H groups in total. The first kappa shape index (κ1) is 14.0. The summed E-state index contributed by atoms with van der Waals surface area (Å²) >= 11 is 1.37. The summed E-state index contributed by atoms with van der Waals surface area (Å²) < 4.78 is 7.51. The highest BCUT2D eigenvalue weighted by atomic mass is 32.1. The molecule has 1 atom stereocenters. The van der Waals surface area contributed by atoms with Crippen LogP contribution in [0.4, 0.5) is 10.5 Å². The zero-order chi connectivity index (χ0) is 15.8. The van der Waals surface area contributed by atoms with Crippen molar-refractivity contribution in [3.8, 4) is 0 Å². The molecule has 1 fully saturated rings. The molecule has 0 spiro atoms. The Bertz CT molecular complexity index is 919. The van der Waals surface area contributed by atoms with Crippen LogP contribution in [0.25, 0.3) is 10.2 Å². The molecule has 1 aliphatic heterocycles. The number of fused-ring (bicyclic) bond motifs is 1. The topological polar surface area (TPSA) is 64.4 Å². The zero-order valence-corrected chi connectivity index (χ0v) is 12.9. The van der Waals surface area contributed by atoms with Crippen LogP contribution in [-0.4, -0.2) is 28.3 Å². The Morgan fingerprint density at radius 2 is 2.04 bits per heavy atom. The molecule has 0 saturated carbocycles. The van der Waals surface area contributed by atoms with Gasteiger partial charge in [-0.3, -0.25) is 14.3 Å². The molecule has 1 aromatic carbocycles. The van der Waals surface area contributed by atoms with Crippen LogP contribution >= 0.6 is 11.3 Å². The Morgan fingerprint density at radius 3 is 2.87 bits per heavy atom. The molecule has 3 aromatic rings. The number of nitrogens with zero attached hydrogens (tertiary/aromatic N) is 3. The molecular formula is C16H13N3O3S. The van der Waals surface area contributed by atoms with E-state index in [4.69, 9.17) is 4.74 Å². The number of benzene rings is 1. The van der Waals surface area contributed by atoms with Gasteiger partial charge in [0.05, 0.1) is 24.9 Å². The number of hydrogen-bond donors (Lipinski definition) is 0. The highest BCUT2D eigenvalue weighted by Gasteiger charge is 2.32. The normalized spacial score (nSPS) is 17.7. The van der Waals surface area contributed by atoms with Gasteiger partial charge in [-0.2, -0.15) is 0 Å². The molecule has 0 aliphatic carbocycles. The number of rotatable bonds is 3. The van der Waals surface area contributed by atoms with Gasteiger partial charge in [0.2, 0.25) is 0 Å². The minimum Gasteiger partial charge on any atom is -0.442 e. The van der Waals surface area contributed by atoms with E-state index in [1.54, 1.807) is 4.90 Å². The van der Waals surface area contributed by atoms with Crippen molar-refractivity contribution in [1.82, 2.24) is 9.55 Å². The first-order chi connectivity index (χ1) is 11.2. The first-order valence-corrected chi connectivity index (χ1v) is 8.06. The predicted molar refractivity (Wildman–Crippen MR) is 87.9 cm³/mol. The Morgan fingerprint density at radius 1 is 1.22 bits per heavy atom. The van der Waals surface area contributed by atoms with Gasteiger partial charge in [0.15, 0.2) is 0 Å². The molecule has 3 heterocycles. The lowest BCUT2D eigenvalue weighted by atomic mass is 10.2. The van der Waals surface area contributed by atoms with Gasteiger partial charge in [0, 0.05) is 5.69 Å². The Labute approximate surface area is 135 Å². The third-order valence-corrected chi connectivity index (χ3v) is 4.67. The van der Waals surface area contributed by atoms with Gasteiger partial charge >= 0.3 is 6.09 Å². The maximum absolute atomic E-state index is 12.4. The molecule has 6 nitrogen and oxygen atoms in total. The number of para-hydroxylation sites is 1. The Kier molecular flexibility index (Phi) is 3.34. The molecule has 23 heavy (non-hydrogen) atoms. The number of hydrogen-bond acceptors (Lipinski definition) is 5. The largest absolute Gasteiger partial charge is 0.442 e. The minimum absolute atomic E-state index is 0.0980. The second kappa shape index (κ2) is 5.51. The fourth-order valence-corrected chi connectivity index (χ4v) is 3.46. The number of thiophene rings is 1. The zero-order valence-electron chi connectivity index (χ0n) is 12.1. The van der Waals surface area contributed by atoms with Gasteiger partial charge in [0.1, 0.15) is 10.8 Å². The van der Waals surface area contributed by atoms with E-state index in [2.05, 4.69) is 4.98 Å². The van der Waals surface area contributed by atoms with Crippen molar-refractivity contribution in [2.24, 2.45) is 0 Å². The van der Waals surface area contributed by atoms with E-state index in [-0.39, 0.29) is 17.8 Å². The van der Waals surface area contributed by atoms with Crippen molar-refractivity contribution in [3.63, 3.8) is 0 Å². The van der Waals surface area contributed by atoms with Gasteiger partial charge in [-0.25, -0.2) is 9.78 Å². The van der Waals surface area contributed by atoms with Crippen LogP contribution < -0.4 is 10.5 Å². The maximum Gasteiger partial charge on any atom is 0.414 e. The molecular weight excluding hydrogens is 314 g/mol. The summed E-state index contributed by atoms with van der Waals surface area (Å²) in [6.07, 6.45) is 0.746. The molecule has 0 radical (unpaired) electrons. The van der Waals surface area contributed by atoms with Crippen LogP contribution in [0.3, 0.4) is 0 Å². The van der Waals surface area contributed by atoms with Crippen LogP contribution in [0.2, 0.25) is 0 Å². The van der Waals surface area contributed by atoms with E-state index in [1.807, 2.05) is 41.8 Å². The fraction of sp³-hybridized carbons (Fsp3) is 0.188. The molecule has 4 rings (SSSR count). The Balaban J connectivity index is 1.57. The second-order valence-corrected chi connectivity index (χ2v) is 6.21. The number of carbonyl (C=O) groups excluding carboxylic acids is 1. The monoisotopic (exact) mass is 327 g/mol. The highest BCUT2D eigenvalue weighted by molar-refractivity contribution is 7.17. The molecule has 1 unspecified atom stereocenters. The van der Waals surface area contributed by atoms with Crippen LogP contribution in [0, 0.1) is 0 Å². The van der Waals surface area contributed by atoms with Crippen molar-refractivity contribution in [3.05, 3.63) is 58.5 Å². The number of amides is 1. The summed E-state index contributed by atoms with van der Waals surface area (Å²) in [5, 5.41) is 1.84. The quantitative estimate of drug-likeness (QED) is 0.741. The standard InChI is InChI=1S/C16H13N3O3S/c20-15-14-13(6-7-23-14)17-10-18(15)8-12-9-19(16(21)22-12)11-4-2-1-3-5-11/h1-7,10,12H,8-9H2. The number of cyclic esters (lactones) is 1. The van der Waals surface area contributed by atoms with Gasteiger partial charge in [-0.15, -0.1) is 11.3 Å². The van der Waals surface area contributed by atoms with Gasteiger partial charge in [-0.05, 0) is 23.6 Å². The lowest BCUT2D eigenvalue weighted by Gasteiger charge is -2.12. The third kappa shape index (κ3) is 2.49. The van der Waals surface area contributed by atoms with Gasteiger partial charge in [-0.1, -0.05) is 18.2 Å². The van der Waals surface area contributed by atoms with Crippen molar-refractivity contribution in [1.29, 1.82) is 0 Å². The average Bonchev–Trinajstić information content (AvgIpc) is 3.18. The Hall–Kier alpha value is -2.67. The number of anilines is 1. The van der Waals surface area contributed by atoms with Crippen LogP contribution in [-0.2, 0) is 11.3 Å². The van der Waals surface area contributed by atoms with Gasteiger partial charge < -0.3 is 4.74 Å². The summed E-state index contributed by atoms with van der Waals surface area (Å²) in [7, 11) is 0. The van der Waals surface area contributed by atoms with Crippen molar-refractivity contribution in [2.75, 3.05) is 11.4 Å². The molecule has 0 bridgehead atoms. The molecule has 1 saturated heterocycles. The van der Waals surface area contributed by atoms with Crippen molar-refractivity contribution >= 4 is 33.3 Å². The molecule has 7 heteroatoms. The maximum atomic E-state index is 12.4. The molecule has 1 aliphatic rings. The number of ether oxygens (including phenoxy) is 1. The first-order valence-electron chi connectivity index (χ1n) is 7.18. The summed E-state index contributed by atoms with van der Waals surface area (Å²) in [5.74, 6) is 0. The average molecular weight is 327 g/mol. The van der Waals surface area contributed by atoms with E-state index in [1.165, 1.54) is 22.2 Å². The van der Waals surface area contributed by atoms with E-state index in [0.29, 0.717) is 23.3 Å². The van der Waals surface area contributed by atoms with Crippen LogP contribution in [0.5, 0.6) is 0 Å². The summed E-state index contributed by atoms with van der Waals surface area (Å²) in [5.41, 5.74) is 1.39. The lowest BCUT2D eigenvalue weighted by Crippen LogP contribution is -2.29. The summed E-state index contributed by atoms with van der Waals surface area (Å²) in [4.78, 5) is 30.3. The van der Waals surface area contributed by atoms with E-state index >= 15 is 0 Å². The van der Waals surface area contributed by atoms with E-state index in [0.717, 1.165) is 5.69 Å². The third-order valence-electron chi connectivity index (χ3n) is 3.78. The highest BCUT2D eigenvalue weighted by Crippen LogP contribution is 2.22. The number of carbonyl (C=O) groups is 1. The van der Waals surface area contributed by atoms with Crippen LogP contribution in [0.1, 0.15) is 0 Å². The summed E-state index contributed by atoms with van der Waals surface area (Å²) in [6.45, 7) is 0.715. The van der Waals surface area contributed by atoms with E-state index < -0.39 is 0 Å². The minimum atomic E-state index is -0.389. The van der Waals surface area contributed by atoms with Crippen LogP contribution in [0.15, 0.2) is 52.9 Å². The van der Waals surface area contributed by atoms with Crippen molar-refractivity contribution < 1.29 is 9.53 Å². The lowest BCUT2D eigenvalue weighted by molar-refractivity contribution is 0.131. The second-order valence-electron chi connectivity index (χ2n) is 5.29. The van der Waals surface area contributed by atoms with Crippen molar-refractivity contribution in [2.45, 2.75) is 12.6 Å². The SMILES string of the molecule is O=C1OC(Cn2cnc3ccsc3c2=O)CN1c1ccccc1. The predicted octanol–water partition coefficient (Wildman–Crippen LogP) is 2.48. The summed E-state index contributed by atoms with van der Waals surface area (Å²) in [6, 6.07) is 11.2. The smallest absolute Gasteiger partial charge is 0.414 e. The fourth-order valence-electron chi connectivity index (χ4n) is 2.66.